The maximum Gasteiger partial charge on any atom is 0.319 e. The first-order chi connectivity index (χ1) is 13.5. The zero-order chi connectivity index (χ0) is 19.9. The van der Waals surface area contributed by atoms with Gasteiger partial charge in [0.05, 0.1) is 23.8 Å². The molecule has 0 unspecified atom stereocenters. The highest BCUT2D eigenvalue weighted by molar-refractivity contribution is 5.89. The second-order valence-electron chi connectivity index (χ2n) is 7.26. The van der Waals surface area contributed by atoms with Gasteiger partial charge in [0.1, 0.15) is 0 Å². The Morgan fingerprint density at radius 3 is 2.29 bits per heavy atom. The minimum Gasteiger partial charge on any atom is -0.373 e. The average molecular weight is 378 g/mol. The molecule has 1 aliphatic heterocycles. The second kappa shape index (κ2) is 9.36. The molecule has 2 N–H and O–H groups in total. The molecule has 6 heteroatoms. The number of carbonyl (C=O) groups excluding carboxylic acids is 1. The number of ether oxygens (including phenoxy) is 1. The normalized spacial score (nSPS) is 19.6. The molecule has 1 saturated heterocycles. The highest BCUT2D eigenvalue weighted by atomic mass is 16.5. The highest BCUT2D eigenvalue weighted by Crippen LogP contribution is 2.15. The van der Waals surface area contributed by atoms with Gasteiger partial charge in [-0.1, -0.05) is 24.3 Å². The molecule has 0 radical (unpaired) electrons. The van der Waals surface area contributed by atoms with Gasteiger partial charge in [-0.3, -0.25) is 4.90 Å². The van der Waals surface area contributed by atoms with Crippen LogP contribution in [0.15, 0.2) is 48.5 Å². The van der Waals surface area contributed by atoms with E-state index in [4.69, 9.17) is 10.00 Å². The molecule has 2 aromatic rings. The van der Waals surface area contributed by atoms with Crippen molar-refractivity contribution in [2.75, 3.05) is 18.4 Å². The summed E-state index contributed by atoms with van der Waals surface area (Å²) < 4.78 is 5.78. The van der Waals surface area contributed by atoms with Gasteiger partial charge in [-0.15, -0.1) is 0 Å². The topological polar surface area (TPSA) is 77.4 Å². The summed E-state index contributed by atoms with van der Waals surface area (Å²) in [5.41, 5.74) is 3.52. The number of hydrogen-bond acceptors (Lipinski definition) is 4. The summed E-state index contributed by atoms with van der Waals surface area (Å²) in [5, 5.41) is 14.4. The number of amides is 2. The van der Waals surface area contributed by atoms with Crippen molar-refractivity contribution < 1.29 is 9.53 Å². The third-order valence-corrected chi connectivity index (χ3v) is 4.65. The Labute approximate surface area is 166 Å². The summed E-state index contributed by atoms with van der Waals surface area (Å²) in [7, 11) is 0. The van der Waals surface area contributed by atoms with E-state index in [1.165, 1.54) is 5.56 Å². The van der Waals surface area contributed by atoms with Crippen LogP contribution in [-0.2, 0) is 17.8 Å². The molecule has 0 bridgehead atoms. The van der Waals surface area contributed by atoms with Gasteiger partial charge in [-0.05, 0) is 49.2 Å². The maximum absolute atomic E-state index is 12.0. The van der Waals surface area contributed by atoms with Gasteiger partial charge in [0.2, 0.25) is 0 Å². The minimum atomic E-state index is -0.273. The van der Waals surface area contributed by atoms with E-state index in [0.29, 0.717) is 17.8 Å². The minimum absolute atomic E-state index is 0.266. The lowest BCUT2D eigenvalue weighted by molar-refractivity contribution is -0.0704. The third kappa shape index (κ3) is 5.81. The van der Waals surface area contributed by atoms with Gasteiger partial charge >= 0.3 is 6.03 Å². The van der Waals surface area contributed by atoms with Gasteiger partial charge in [0.15, 0.2) is 0 Å². The van der Waals surface area contributed by atoms with Crippen LogP contribution in [0.1, 0.15) is 30.5 Å². The third-order valence-electron chi connectivity index (χ3n) is 4.65. The maximum atomic E-state index is 12.0. The van der Waals surface area contributed by atoms with Crippen LogP contribution in [0.4, 0.5) is 10.5 Å². The zero-order valence-corrected chi connectivity index (χ0v) is 16.3. The Bertz CT molecular complexity index is 817. The number of benzene rings is 2. The Morgan fingerprint density at radius 2 is 1.68 bits per heavy atom. The molecule has 2 amide bonds. The standard InChI is InChI=1S/C22H26N4O2/c1-16-13-26(14-17(2)28-16)15-20-5-3-19(4-6-20)12-24-22(27)25-21-9-7-18(11-23)8-10-21/h3-10,16-17H,12-15H2,1-2H3,(H2,24,25,27)/t16-,17+. The van der Waals surface area contributed by atoms with Gasteiger partial charge in [-0.25, -0.2) is 4.79 Å². The zero-order valence-electron chi connectivity index (χ0n) is 16.3. The first-order valence-corrected chi connectivity index (χ1v) is 9.52. The number of hydrogen-bond donors (Lipinski definition) is 2. The summed E-state index contributed by atoms with van der Waals surface area (Å²) in [4.78, 5) is 14.4. The van der Waals surface area contributed by atoms with Gasteiger partial charge in [0.25, 0.3) is 0 Å². The lowest BCUT2D eigenvalue weighted by Crippen LogP contribution is -2.44. The van der Waals surface area contributed by atoms with Crippen molar-refractivity contribution in [3.8, 4) is 6.07 Å². The molecule has 1 aliphatic rings. The van der Waals surface area contributed by atoms with Crippen molar-refractivity contribution >= 4 is 11.7 Å². The first-order valence-electron chi connectivity index (χ1n) is 9.52. The monoisotopic (exact) mass is 378 g/mol. The summed E-state index contributed by atoms with van der Waals surface area (Å²) in [6, 6.07) is 16.9. The summed E-state index contributed by atoms with van der Waals surface area (Å²) in [6.45, 7) is 7.48. The Balaban J connectivity index is 1.46. The van der Waals surface area contributed by atoms with Crippen LogP contribution >= 0.6 is 0 Å². The van der Waals surface area contributed by atoms with Crippen LogP contribution in [0.25, 0.3) is 0 Å². The number of nitrogens with zero attached hydrogens (tertiary/aromatic N) is 2. The summed E-state index contributed by atoms with van der Waals surface area (Å²) in [6.07, 6.45) is 0.531. The van der Waals surface area contributed by atoms with E-state index >= 15 is 0 Å². The highest BCUT2D eigenvalue weighted by Gasteiger charge is 2.21. The fourth-order valence-electron chi connectivity index (χ4n) is 3.42. The molecule has 28 heavy (non-hydrogen) atoms. The number of rotatable bonds is 5. The van der Waals surface area contributed by atoms with Crippen LogP contribution in [-0.4, -0.2) is 36.2 Å². The van der Waals surface area contributed by atoms with Crippen LogP contribution in [0.2, 0.25) is 0 Å². The number of morpholine rings is 1. The van der Waals surface area contributed by atoms with Crippen molar-refractivity contribution in [3.05, 3.63) is 65.2 Å². The van der Waals surface area contributed by atoms with Crippen molar-refractivity contribution in [1.29, 1.82) is 5.26 Å². The lowest BCUT2D eigenvalue weighted by atomic mass is 10.1. The van der Waals surface area contributed by atoms with Crippen molar-refractivity contribution in [2.45, 2.75) is 39.1 Å². The molecule has 0 aliphatic carbocycles. The molecule has 0 spiro atoms. The molecular formula is C22H26N4O2. The number of carbonyl (C=O) groups is 1. The summed E-state index contributed by atoms with van der Waals surface area (Å²) >= 11 is 0. The predicted molar refractivity (Wildman–Crippen MR) is 109 cm³/mol. The number of anilines is 1. The molecule has 0 aromatic heterocycles. The molecule has 2 atom stereocenters. The molecule has 1 heterocycles. The lowest BCUT2D eigenvalue weighted by Gasteiger charge is -2.35. The molecule has 1 fully saturated rings. The van der Waals surface area contributed by atoms with E-state index in [9.17, 15) is 4.79 Å². The van der Waals surface area contributed by atoms with Crippen LogP contribution < -0.4 is 10.6 Å². The molecule has 3 rings (SSSR count). The molecular weight excluding hydrogens is 352 g/mol. The van der Waals surface area contributed by atoms with Crippen molar-refractivity contribution in [1.82, 2.24) is 10.2 Å². The summed E-state index contributed by atoms with van der Waals surface area (Å²) in [5.74, 6) is 0. The number of nitriles is 1. The van der Waals surface area contributed by atoms with Gasteiger partial charge < -0.3 is 15.4 Å². The Kier molecular flexibility index (Phi) is 6.64. The largest absolute Gasteiger partial charge is 0.373 e. The van der Waals surface area contributed by atoms with Crippen molar-refractivity contribution in [2.24, 2.45) is 0 Å². The van der Waals surface area contributed by atoms with Crippen LogP contribution in [0, 0.1) is 11.3 Å². The van der Waals surface area contributed by atoms with E-state index in [2.05, 4.69) is 47.6 Å². The Morgan fingerprint density at radius 1 is 1.07 bits per heavy atom. The quantitative estimate of drug-likeness (QED) is 0.835. The fourth-order valence-corrected chi connectivity index (χ4v) is 3.42. The molecule has 0 saturated carbocycles. The Hall–Kier alpha value is -2.88. The molecule has 2 aromatic carbocycles. The van der Waals surface area contributed by atoms with Crippen molar-refractivity contribution in [3.63, 3.8) is 0 Å². The molecule has 146 valence electrons. The first kappa shape index (κ1) is 19.9. The van der Waals surface area contributed by atoms with E-state index in [1.807, 2.05) is 12.1 Å². The molecule has 6 nitrogen and oxygen atoms in total. The second-order valence-corrected chi connectivity index (χ2v) is 7.26. The van der Waals surface area contributed by atoms with Crippen LogP contribution in [0.3, 0.4) is 0 Å². The van der Waals surface area contributed by atoms with E-state index in [0.717, 1.165) is 25.2 Å². The van der Waals surface area contributed by atoms with Crippen LogP contribution in [0.5, 0.6) is 0 Å². The number of nitrogens with one attached hydrogen (secondary N) is 2. The fraction of sp³-hybridized carbons (Fsp3) is 0.364. The van der Waals surface area contributed by atoms with Gasteiger partial charge in [0, 0.05) is 31.9 Å². The van der Waals surface area contributed by atoms with Gasteiger partial charge in [-0.2, -0.15) is 5.26 Å². The number of urea groups is 1. The SMILES string of the molecule is C[C@@H]1CN(Cc2ccc(CNC(=O)Nc3ccc(C#N)cc3)cc2)C[C@H](C)O1. The average Bonchev–Trinajstić information content (AvgIpc) is 2.67. The van der Waals surface area contributed by atoms with E-state index < -0.39 is 0 Å². The van der Waals surface area contributed by atoms with E-state index in [1.54, 1.807) is 24.3 Å². The predicted octanol–water partition coefficient (Wildman–Crippen LogP) is 3.49. The smallest absolute Gasteiger partial charge is 0.319 e. The van der Waals surface area contributed by atoms with E-state index in [-0.39, 0.29) is 18.2 Å².